The third-order valence-electron chi connectivity index (χ3n) is 2.99. The number of nitrogens with one attached hydrogen (secondary N) is 2. The third-order valence-corrected chi connectivity index (χ3v) is 2.99. The van der Waals surface area contributed by atoms with Crippen LogP contribution in [0.1, 0.15) is 10.4 Å². The lowest BCUT2D eigenvalue weighted by Gasteiger charge is -2.29. The van der Waals surface area contributed by atoms with E-state index in [1.54, 1.807) is 0 Å². The molecule has 1 heterocycles. The van der Waals surface area contributed by atoms with Gasteiger partial charge in [-0.3, -0.25) is 20.1 Å². The van der Waals surface area contributed by atoms with Crippen LogP contribution in [0.5, 0.6) is 0 Å². The third kappa shape index (κ3) is 2.80. The summed E-state index contributed by atoms with van der Waals surface area (Å²) in [6.07, 6.45) is 0. The number of rotatable bonds is 3. The average Bonchev–Trinajstić information content (AvgIpc) is 2.46. The molecular formula is C11H14N4O4. The Hall–Kier alpha value is -2.19. The number of nitrogens with zero attached hydrogens (tertiary/aromatic N) is 2. The molecule has 0 bridgehead atoms. The van der Waals surface area contributed by atoms with Gasteiger partial charge in [-0.25, -0.2) is 5.48 Å². The number of amides is 1. The highest BCUT2D eigenvalue weighted by Crippen LogP contribution is 2.29. The lowest BCUT2D eigenvalue weighted by molar-refractivity contribution is -0.384. The van der Waals surface area contributed by atoms with Gasteiger partial charge in [-0.15, -0.1) is 0 Å². The van der Waals surface area contributed by atoms with Gasteiger partial charge in [0.15, 0.2) is 0 Å². The quantitative estimate of drug-likeness (QED) is 0.407. The van der Waals surface area contributed by atoms with E-state index in [4.69, 9.17) is 5.21 Å². The first-order chi connectivity index (χ1) is 9.13. The number of anilines is 1. The molecular weight excluding hydrogens is 252 g/mol. The minimum atomic E-state index is -0.769. The molecule has 102 valence electrons. The highest BCUT2D eigenvalue weighted by molar-refractivity contribution is 5.95. The van der Waals surface area contributed by atoms with Gasteiger partial charge < -0.3 is 10.2 Å². The van der Waals surface area contributed by atoms with Crippen LogP contribution in [0.3, 0.4) is 0 Å². The second-order valence-corrected chi connectivity index (χ2v) is 4.14. The van der Waals surface area contributed by atoms with Crippen LogP contribution < -0.4 is 15.7 Å². The summed E-state index contributed by atoms with van der Waals surface area (Å²) in [4.78, 5) is 23.7. The maximum Gasteiger partial charge on any atom is 0.293 e. The molecule has 0 aliphatic carbocycles. The van der Waals surface area contributed by atoms with E-state index in [1.807, 2.05) is 4.90 Å². The zero-order valence-corrected chi connectivity index (χ0v) is 10.1. The lowest BCUT2D eigenvalue weighted by Crippen LogP contribution is -2.43. The summed E-state index contributed by atoms with van der Waals surface area (Å²) >= 11 is 0. The number of carbonyl (C=O) groups is 1. The van der Waals surface area contributed by atoms with Gasteiger partial charge in [0.25, 0.3) is 11.6 Å². The van der Waals surface area contributed by atoms with E-state index in [0.29, 0.717) is 18.8 Å². The Morgan fingerprint density at radius 2 is 2.11 bits per heavy atom. The molecule has 19 heavy (non-hydrogen) atoms. The van der Waals surface area contributed by atoms with Crippen LogP contribution >= 0.6 is 0 Å². The second-order valence-electron chi connectivity index (χ2n) is 4.14. The van der Waals surface area contributed by atoms with Crippen molar-refractivity contribution in [2.75, 3.05) is 31.1 Å². The molecule has 1 aliphatic rings. The van der Waals surface area contributed by atoms with E-state index >= 15 is 0 Å². The number of carbonyl (C=O) groups excluding carboxylic acids is 1. The molecule has 1 aromatic rings. The van der Waals surface area contributed by atoms with Gasteiger partial charge in [-0.05, 0) is 12.1 Å². The molecule has 0 spiro atoms. The van der Waals surface area contributed by atoms with Gasteiger partial charge in [0, 0.05) is 37.8 Å². The molecule has 8 heteroatoms. The smallest absolute Gasteiger partial charge is 0.293 e. The Morgan fingerprint density at radius 1 is 1.42 bits per heavy atom. The van der Waals surface area contributed by atoms with Crippen molar-refractivity contribution in [3.63, 3.8) is 0 Å². The van der Waals surface area contributed by atoms with Gasteiger partial charge in [-0.2, -0.15) is 0 Å². The summed E-state index contributed by atoms with van der Waals surface area (Å²) in [7, 11) is 0. The van der Waals surface area contributed by atoms with E-state index in [2.05, 4.69) is 5.32 Å². The maximum absolute atomic E-state index is 11.3. The van der Waals surface area contributed by atoms with Gasteiger partial charge in [-0.1, -0.05) is 0 Å². The van der Waals surface area contributed by atoms with Crippen LogP contribution in [0, 0.1) is 10.1 Å². The van der Waals surface area contributed by atoms with Crippen LogP contribution in [0.2, 0.25) is 0 Å². The summed E-state index contributed by atoms with van der Waals surface area (Å²) in [5.74, 6) is -0.769. The van der Waals surface area contributed by atoms with Crippen LogP contribution in [-0.2, 0) is 0 Å². The van der Waals surface area contributed by atoms with E-state index in [9.17, 15) is 14.9 Å². The Morgan fingerprint density at radius 3 is 2.68 bits per heavy atom. The predicted molar refractivity (Wildman–Crippen MR) is 67.4 cm³/mol. The Balaban J connectivity index is 2.37. The van der Waals surface area contributed by atoms with E-state index in [1.165, 1.54) is 23.7 Å². The molecule has 1 fully saturated rings. The second kappa shape index (κ2) is 5.63. The maximum atomic E-state index is 11.3. The summed E-state index contributed by atoms with van der Waals surface area (Å²) < 4.78 is 0. The number of nitro benzene ring substituents is 1. The van der Waals surface area contributed by atoms with Crippen molar-refractivity contribution < 1.29 is 14.9 Å². The first-order valence-electron chi connectivity index (χ1n) is 5.82. The van der Waals surface area contributed by atoms with Crippen molar-refractivity contribution in [1.29, 1.82) is 0 Å². The van der Waals surface area contributed by atoms with Crippen molar-refractivity contribution >= 4 is 17.3 Å². The topological polar surface area (TPSA) is 108 Å². The van der Waals surface area contributed by atoms with Crippen LogP contribution in [0.25, 0.3) is 0 Å². The molecule has 2 rings (SSSR count). The molecule has 0 saturated carbocycles. The van der Waals surface area contributed by atoms with Crippen LogP contribution in [0.15, 0.2) is 18.2 Å². The molecule has 0 unspecified atom stereocenters. The SMILES string of the molecule is O=C(NO)c1ccc(N2CCNCC2)c([N+](=O)[O-])c1. The van der Waals surface area contributed by atoms with Crippen molar-refractivity contribution in [2.24, 2.45) is 0 Å². The fourth-order valence-electron chi connectivity index (χ4n) is 2.05. The zero-order chi connectivity index (χ0) is 13.8. The number of nitro groups is 1. The summed E-state index contributed by atoms with van der Waals surface area (Å²) in [6.45, 7) is 2.87. The minimum Gasteiger partial charge on any atom is -0.363 e. The highest BCUT2D eigenvalue weighted by atomic mass is 16.6. The van der Waals surface area contributed by atoms with Crippen LogP contribution in [-0.4, -0.2) is 42.2 Å². The zero-order valence-electron chi connectivity index (χ0n) is 10.1. The Bertz CT molecular complexity index is 499. The Labute approximate surface area is 109 Å². The monoisotopic (exact) mass is 266 g/mol. The van der Waals surface area contributed by atoms with Crippen molar-refractivity contribution in [2.45, 2.75) is 0 Å². The fourth-order valence-corrected chi connectivity index (χ4v) is 2.05. The predicted octanol–water partition coefficient (Wildman–Crippen LogP) is 0.123. The molecule has 3 N–H and O–H groups in total. The van der Waals surface area contributed by atoms with E-state index in [-0.39, 0.29) is 11.3 Å². The average molecular weight is 266 g/mol. The molecule has 0 aromatic heterocycles. The molecule has 0 radical (unpaired) electrons. The number of hydroxylamine groups is 1. The molecule has 1 saturated heterocycles. The summed E-state index contributed by atoms with van der Waals surface area (Å²) in [5.41, 5.74) is 1.86. The van der Waals surface area contributed by atoms with Gasteiger partial charge in [0.05, 0.1) is 4.92 Å². The standard InChI is InChI=1S/C11H14N4O4/c16-11(13-17)8-1-2-9(10(7-8)15(18)19)14-5-3-12-4-6-14/h1-2,7,12,17H,3-6H2,(H,13,16). The number of hydrogen-bond donors (Lipinski definition) is 3. The molecule has 8 nitrogen and oxygen atoms in total. The van der Waals surface area contributed by atoms with E-state index < -0.39 is 10.8 Å². The molecule has 1 aromatic carbocycles. The fraction of sp³-hybridized carbons (Fsp3) is 0.364. The van der Waals surface area contributed by atoms with Crippen molar-refractivity contribution in [3.05, 3.63) is 33.9 Å². The number of hydrogen-bond acceptors (Lipinski definition) is 6. The van der Waals surface area contributed by atoms with Gasteiger partial charge in [0.1, 0.15) is 5.69 Å². The normalized spacial score (nSPS) is 15.1. The lowest BCUT2D eigenvalue weighted by atomic mass is 10.1. The first-order valence-corrected chi connectivity index (χ1v) is 5.82. The molecule has 0 atom stereocenters. The minimum absolute atomic E-state index is 0.0492. The molecule has 1 amide bonds. The van der Waals surface area contributed by atoms with Crippen molar-refractivity contribution in [3.8, 4) is 0 Å². The first kappa shape index (κ1) is 13.2. The largest absolute Gasteiger partial charge is 0.363 e. The molecule has 1 aliphatic heterocycles. The summed E-state index contributed by atoms with van der Waals surface area (Å²) in [5, 5.41) is 22.8. The van der Waals surface area contributed by atoms with Crippen LogP contribution in [0.4, 0.5) is 11.4 Å². The van der Waals surface area contributed by atoms with E-state index in [0.717, 1.165) is 13.1 Å². The highest BCUT2D eigenvalue weighted by Gasteiger charge is 2.22. The summed E-state index contributed by atoms with van der Waals surface area (Å²) in [6, 6.07) is 4.16. The van der Waals surface area contributed by atoms with Crippen molar-refractivity contribution in [1.82, 2.24) is 10.8 Å². The Kier molecular flexibility index (Phi) is 3.93. The number of benzene rings is 1. The van der Waals surface area contributed by atoms with Gasteiger partial charge in [0.2, 0.25) is 0 Å². The van der Waals surface area contributed by atoms with Gasteiger partial charge >= 0.3 is 0 Å². The number of piperazine rings is 1.